The van der Waals surface area contributed by atoms with Gasteiger partial charge >= 0.3 is 6.09 Å². The molecule has 0 spiro atoms. The predicted molar refractivity (Wildman–Crippen MR) is 191 cm³/mol. The maximum absolute atomic E-state index is 12.9. The summed E-state index contributed by atoms with van der Waals surface area (Å²) in [5.74, 6) is 0.185. The average Bonchev–Trinajstić information content (AvgIpc) is 3.50. The number of nitrogens with zero attached hydrogens (tertiary/aromatic N) is 4. The second-order valence-corrected chi connectivity index (χ2v) is 12.4. The van der Waals surface area contributed by atoms with Crippen LogP contribution in [0.4, 0.5) is 4.79 Å². The summed E-state index contributed by atoms with van der Waals surface area (Å²) in [5.41, 5.74) is 1.27. The van der Waals surface area contributed by atoms with Gasteiger partial charge in [0.2, 0.25) is 5.82 Å². The van der Waals surface area contributed by atoms with Crippen LogP contribution in [0.5, 0.6) is 23.0 Å². The summed E-state index contributed by atoms with van der Waals surface area (Å²) >= 11 is 0. The van der Waals surface area contributed by atoms with Gasteiger partial charge in [-0.15, -0.1) is 10.2 Å². The highest BCUT2D eigenvalue weighted by atomic mass is 16.6. The van der Waals surface area contributed by atoms with Gasteiger partial charge in [0.05, 0.1) is 5.56 Å². The molecule has 0 aliphatic rings. The number of aromatic nitrogens is 3. The lowest BCUT2D eigenvalue weighted by Gasteiger charge is -2.24. The van der Waals surface area contributed by atoms with Crippen LogP contribution in [0.2, 0.25) is 0 Å². The molecule has 0 saturated heterocycles. The van der Waals surface area contributed by atoms with E-state index in [1.165, 1.54) is 15.5 Å². The molecule has 1 aromatic heterocycles. The van der Waals surface area contributed by atoms with Crippen LogP contribution in [-0.4, -0.2) is 80.1 Å². The first-order valence-corrected chi connectivity index (χ1v) is 16.6. The summed E-state index contributed by atoms with van der Waals surface area (Å²) in [7, 11) is 1.61. The fourth-order valence-corrected chi connectivity index (χ4v) is 4.67. The van der Waals surface area contributed by atoms with Gasteiger partial charge in [-0.2, -0.15) is 0 Å². The zero-order chi connectivity index (χ0) is 37.2. The molecule has 4 rings (SSSR count). The number of phenols is 2. The smallest absolute Gasteiger partial charge is 0.410 e. The molecule has 4 aromatic rings. The highest BCUT2D eigenvalue weighted by Gasteiger charge is 2.24. The quantitative estimate of drug-likeness (QED) is 0.135. The van der Waals surface area contributed by atoms with E-state index in [1.807, 2.05) is 27.7 Å². The highest BCUT2D eigenvalue weighted by Crippen LogP contribution is 2.38. The number of hydrogen-bond donors (Lipinski definition) is 4. The number of ether oxygens (including phenoxy) is 2. The van der Waals surface area contributed by atoms with Gasteiger partial charge in [-0.3, -0.25) is 14.2 Å². The fourth-order valence-electron chi connectivity index (χ4n) is 4.67. The number of rotatable bonds is 11. The monoisotopic (exact) mass is 688 g/mol. The maximum atomic E-state index is 12.9. The average molecular weight is 689 g/mol. The molecule has 0 aliphatic heterocycles. The SMILES string of the molecule is CC.CCNC(=O)c1nnc(-c2cc(C(C)C)c(O)cc2O)n1-c1ccc(Oc2ccc(C(=O)NCCN(C)C(=O)OC(C)(C)C)cc2)cc1. The lowest BCUT2D eigenvalue weighted by molar-refractivity contribution is 0.0299. The molecule has 0 fully saturated rings. The van der Waals surface area contributed by atoms with Crippen LogP contribution < -0.4 is 15.4 Å². The molecule has 4 N–H and O–H groups in total. The Morgan fingerprint density at radius 1 is 0.880 bits per heavy atom. The van der Waals surface area contributed by atoms with Crippen molar-refractivity contribution < 1.29 is 34.1 Å². The lowest BCUT2D eigenvalue weighted by atomic mass is 9.98. The third-order valence-electron chi connectivity index (χ3n) is 7.10. The van der Waals surface area contributed by atoms with Crippen LogP contribution >= 0.6 is 0 Å². The molecule has 50 heavy (non-hydrogen) atoms. The standard InChI is InChI=1S/C35H42N6O7.C2H6/c1-8-36-33(45)31-39-38-30(27-19-26(21(2)3)28(42)20-29(27)43)41(31)23-11-15-25(16-12-23)47-24-13-9-22(10-14-24)32(44)37-17-18-40(7)34(46)48-35(4,5)6;1-2/h9-16,19-21,42-43H,8,17-18H2,1-7H3,(H,36,45)(H,37,44);1-2H3. The molecule has 3 aromatic carbocycles. The minimum absolute atomic E-state index is 0.0180. The number of aromatic hydroxyl groups is 2. The van der Waals surface area contributed by atoms with Gasteiger partial charge in [-0.05, 0) is 93.8 Å². The Morgan fingerprint density at radius 3 is 2.04 bits per heavy atom. The van der Waals surface area contributed by atoms with Crippen molar-refractivity contribution in [2.24, 2.45) is 0 Å². The zero-order valence-corrected chi connectivity index (χ0v) is 30.2. The van der Waals surface area contributed by atoms with Crippen molar-refractivity contribution in [3.05, 3.63) is 77.6 Å². The molecular weight excluding hydrogens is 640 g/mol. The summed E-state index contributed by atoms with van der Waals surface area (Å²) in [4.78, 5) is 39.1. The molecule has 1 heterocycles. The molecule has 13 nitrogen and oxygen atoms in total. The van der Waals surface area contributed by atoms with Crippen LogP contribution in [0.25, 0.3) is 17.1 Å². The molecule has 0 atom stereocenters. The van der Waals surface area contributed by atoms with Crippen LogP contribution in [0.1, 0.15) is 87.8 Å². The summed E-state index contributed by atoms with van der Waals surface area (Å²) in [5, 5.41) is 35.0. The van der Waals surface area contributed by atoms with E-state index in [2.05, 4.69) is 20.8 Å². The number of carbonyl (C=O) groups is 3. The van der Waals surface area contributed by atoms with Crippen molar-refractivity contribution in [1.82, 2.24) is 30.3 Å². The van der Waals surface area contributed by atoms with Crippen LogP contribution in [0.3, 0.4) is 0 Å². The molecule has 0 saturated carbocycles. The third kappa shape index (κ3) is 9.97. The van der Waals surface area contributed by atoms with Gasteiger partial charge in [0.25, 0.3) is 11.8 Å². The van der Waals surface area contributed by atoms with E-state index < -0.39 is 17.6 Å². The molecule has 0 bridgehead atoms. The van der Waals surface area contributed by atoms with Crippen molar-refractivity contribution in [1.29, 1.82) is 0 Å². The molecule has 0 unspecified atom stereocenters. The van der Waals surface area contributed by atoms with Crippen molar-refractivity contribution in [2.75, 3.05) is 26.7 Å². The number of benzene rings is 3. The summed E-state index contributed by atoms with van der Waals surface area (Å²) in [6.07, 6.45) is -0.465. The molecule has 268 valence electrons. The Kier molecular flexibility index (Phi) is 13.4. The van der Waals surface area contributed by atoms with Gasteiger partial charge < -0.3 is 35.2 Å². The van der Waals surface area contributed by atoms with E-state index in [0.29, 0.717) is 40.4 Å². The third-order valence-corrected chi connectivity index (χ3v) is 7.10. The van der Waals surface area contributed by atoms with Gasteiger partial charge in [-0.1, -0.05) is 27.7 Å². The lowest BCUT2D eigenvalue weighted by Crippen LogP contribution is -2.39. The number of amides is 3. The fraction of sp³-hybridized carbons (Fsp3) is 0.378. The minimum atomic E-state index is -0.602. The first-order valence-electron chi connectivity index (χ1n) is 16.6. The molecule has 0 radical (unpaired) electrons. The van der Waals surface area contributed by atoms with Crippen molar-refractivity contribution in [3.8, 4) is 40.1 Å². The summed E-state index contributed by atoms with van der Waals surface area (Å²) in [6.45, 7) is 15.9. The van der Waals surface area contributed by atoms with Gasteiger partial charge in [0, 0.05) is 44.0 Å². The van der Waals surface area contributed by atoms with Crippen molar-refractivity contribution in [3.63, 3.8) is 0 Å². The maximum Gasteiger partial charge on any atom is 0.410 e. The Bertz CT molecular complexity index is 1760. The van der Waals surface area contributed by atoms with Crippen LogP contribution in [0, 0.1) is 0 Å². The minimum Gasteiger partial charge on any atom is -0.508 e. The Labute approximate surface area is 293 Å². The van der Waals surface area contributed by atoms with E-state index in [9.17, 15) is 24.6 Å². The number of likely N-dealkylation sites (N-methyl/N-ethyl adjacent to an activating group) is 1. The van der Waals surface area contributed by atoms with Gasteiger partial charge in [-0.25, -0.2) is 4.79 Å². The van der Waals surface area contributed by atoms with Crippen molar-refractivity contribution in [2.45, 2.75) is 66.9 Å². The van der Waals surface area contributed by atoms with E-state index in [0.717, 1.165) is 0 Å². The largest absolute Gasteiger partial charge is 0.508 e. The summed E-state index contributed by atoms with van der Waals surface area (Å²) < 4.78 is 12.8. The Hall–Kier alpha value is -5.59. The second-order valence-electron chi connectivity index (χ2n) is 12.4. The van der Waals surface area contributed by atoms with E-state index >= 15 is 0 Å². The normalized spacial score (nSPS) is 10.9. The Balaban J connectivity index is 0.00000332. The van der Waals surface area contributed by atoms with Crippen LogP contribution in [-0.2, 0) is 4.74 Å². The predicted octanol–water partition coefficient (Wildman–Crippen LogP) is 6.63. The second kappa shape index (κ2) is 17.2. The number of hydrogen-bond acceptors (Lipinski definition) is 9. The Morgan fingerprint density at radius 2 is 1.48 bits per heavy atom. The van der Waals surface area contributed by atoms with Crippen molar-refractivity contribution >= 4 is 17.9 Å². The van der Waals surface area contributed by atoms with E-state index in [4.69, 9.17) is 9.47 Å². The van der Waals surface area contributed by atoms with E-state index in [1.54, 1.807) is 89.3 Å². The molecule has 3 amide bonds. The van der Waals surface area contributed by atoms with Gasteiger partial charge in [0.15, 0.2) is 5.82 Å². The topological polar surface area (TPSA) is 168 Å². The number of phenolic OH excluding ortho intramolecular Hbond substituents is 2. The number of carbonyl (C=O) groups excluding carboxylic acids is 3. The molecular formula is C37H48N6O7. The van der Waals surface area contributed by atoms with Gasteiger partial charge in [0.1, 0.15) is 28.6 Å². The first-order chi connectivity index (χ1) is 23.7. The van der Waals surface area contributed by atoms with E-state index in [-0.39, 0.29) is 48.1 Å². The molecule has 13 heteroatoms. The summed E-state index contributed by atoms with van der Waals surface area (Å²) in [6, 6.07) is 16.4. The number of nitrogens with one attached hydrogen (secondary N) is 2. The van der Waals surface area contributed by atoms with Crippen LogP contribution in [0.15, 0.2) is 60.7 Å². The zero-order valence-electron chi connectivity index (χ0n) is 30.2. The first kappa shape index (κ1) is 38.9. The highest BCUT2D eigenvalue weighted by molar-refractivity contribution is 5.94. The molecule has 0 aliphatic carbocycles.